The molecule has 1 atom stereocenters. The molecule has 2 aliphatic heterocycles. The van der Waals surface area contributed by atoms with Gasteiger partial charge >= 0.3 is 0 Å². The first-order valence-electron chi connectivity index (χ1n) is 11.4. The summed E-state index contributed by atoms with van der Waals surface area (Å²) in [6, 6.07) is 13.5. The first-order chi connectivity index (χ1) is 16.1. The number of hydrogen-bond acceptors (Lipinski definition) is 5. The number of para-hydroxylation sites is 1. The second-order valence-corrected chi connectivity index (χ2v) is 9.50. The number of halogens is 1. The molecule has 1 N–H and O–H groups in total. The van der Waals surface area contributed by atoms with Crippen LogP contribution in [0.1, 0.15) is 49.7 Å². The summed E-state index contributed by atoms with van der Waals surface area (Å²) < 4.78 is 14.2. The molecule has 1 unspecified atom stereocenters. The largest absolute Gasteiger partial charge is 0.353 e. The van der Waals surface area contributed by atoms with Crippen LogP contribution < -0.4 is 5.32 Å². The van der Waals surface area contributed by atoms with E-state index in [0.29, 0.717) is 28.0 Å². The highest BCUT2D eigenvalue weighted by molar-refractivity contribution is 8.13. The molecule has 3 aliphatic rings. The summed E-state index contributed by atoms with van der Waals surface area (Å²) in [5.74, 6) is 0.0921. The Bertz CT molecular complexity index is 1140. The normalized spacial score (nSPS) is 20.1. The third kappa shape index (κ3) is 4.57. The van der Waals surface area contributed by atoms with Crippen molar-refractivity contribution < 1.29 is 14.0 Å². The van der Waals surface area contributed by atoms with E-state index in [0.717, 1.165) is 31.2 Å². The van der Waals surface area contributed by atoms with Crippen LogP contribution in [0.2, 0.25) is 0 Å². The minimum absolute atomic E-state index is 0.0176. The fraction of sp³-hybridized carbons (Fsp3) is 0.360. The SMILES string of the molecule is O=C(CC1C(=O)N=C2c3ccccc3N=C(SCc3ccccc3F)N21)NC1CCCCC1. The van der Waals surface area contributed by atoms with Crippen LogP contribution in [0.15, 0.2) is 58.5 Å². The Hall–Kier alpha value is -3.00. The second kappa shape index (κ2) is 9.47. The van der Waals surface area contributed by atoms with Crippen LogP contribution >= 0.6 is 11.8 Å². The van der Waals surface area contributed by atoms with E-state index in [2.05, 4.69) is 10.3 Å². The predicted octanol–water partition coefficient (Wildman–Crippen LogP) is 4.56. The fourth-order valence-electron chi connectivity index (χ4n) is 4.57. The number of amides is 2. The van der Waals surface area contributed by atoms with Gasteiger partial charge in [0.2, 0.25) is 5.91 Å². The molecule has 1 fully saturated rings. The number of aliphatic imine (C=N–C) groups is 2. The molecule has 0 spiro atoms. The number of carbonyl (C=O) groups is 2. The second-order valence-electron chi connectivity index (χ2n) is 8.56. The fourth-order valence-corrected chi connectivity index (χ4v) is 5.60. The van der Waals surface area contributed by atoms with Crippen molar-refractivity contribution in [1.29, 1.82) is 0 Å². The monoisotopic (exact) mass is 464 g/mol. The Kier molecular flexibility index (Phi) is 6.26. The number of carbonyl (C=O) groups excluding carboxylic acids is 2. The van der Waals surface area contributed by atoms with E-state index in [9.17, 15) is 14.0 Å². The Labute approximate surface area is 196 Å². The molecule has 1 saturated carbocycles. The number of rotatable bonds is 5. The lowest BCUT2D eigenvalue weighted by molar-refractivity contribution is -0.127. The summed E-state index contributed by atoms with van der Waals surface area (Å²) in [5.41, 5.74) is 2.03. The van der Waals surface area contributed by atoms with Crippen molar-refractivity contribution in [1.82, 2.24) is 10.2 Å². The molecule has 2 aromatic rings. The zero-order valence-corrected chi connectivity index (χ0v) is 19.0. The summed E-state index contributed by atoms with van der Waals surface area (Å²) in [6.07, 6.45) is 5.42. The van der Waals surface area contributed by atoms with Gasteiger partial charge in [-0.15, -0.1) is 0 Å². The molecule has 0 saturated heterocycles. The molecule has 1 aliphatic carbocycles. The Morgan fingerprint density at radius 3 is 2.64 bits per heavy atom. The first-order valence-corrected chi connectivity index (χ1v) is 12.3. The molecule has 0 radical (unpaired) electrons. The van der Waals surface area contributed by atoms with Crippen LogP contribution in [0.4, 0.5) is 10.1 Å². The molecule has 0 aromatic heterocycles. The molecule has 5 rings (SSSR count). The number of nitrogens with one attached hydrogen (secondary N) is 1. The average Bonchev–Trinajstić information content (AvgIpc) is 3.15. The van der Waals surface area contributed by atoms with E-state index in [1.165, 1.54) is 24.2 Å². The van der Waals surface area contributed by atoms with Gasteiger partial charge in [0.25, 0.3) is 5.91 Å². The standard InChI is InChI=1S/C25H25FN4O2S/c26-19-12-6-4-8-16(19)15-33-25-28-20-13-7-5-11-18(20)23-29-24(32)21(30(23)25)14-22(31)27-17-9-2-1-3-10-17/h4-8,11-13,17,21H,1-3,9-10,14-15H2,(H,27,31). The van der Waals surface area contributed by atoms with E-state index in [1.807, 2.05) is 24.3 Å². The van der Waals surface area contributed by atoms with Crippen LogP contribution in [0.3, 0.4) is 0 Å². The summed E-state index contributed by atoms with van der Waals surface area (Å²) in [4.78, 5) is 36.6. The highest BCUT2D eigenvalue weighted by Crippen LogP contribution is 2.36. The van der Waals surface area contributed by atoms with Gasteiger partial charge in [-0.05, 0) is 36.6 Å². The van der Waals surface area contributed by atoms with Crippen molar-refractivity contribution in [2.75, 3.05) is 0 Å². The summed E-state index contributed by atoms with van der Waals surface area (Å²) >= 11 is 1.34. The van der Waals surface area contributed by atoms with Crippen molar-refractivity contribution in [3.63, 3.8) is 0 Å². The van der Waals surface area contributed by atoms with Crippen LogP contribution in [-0.4, -0.2) is 39.8 Å². The number of amidine groups is 2. The van der Waals surface area contributed by atoms with Gasteiger partial charge in [0, 0.05) is 17.4 Å². The molecule has 6 nitrogen and oxygen atoms in total. The van der Waals surface area contributed by atoms with Crippen molar-refractivity contribution in [3.05, 3.63) is 65.5 Å². The van der Waals surface area contributed by atoms with Gasteiger partial charge in [0.1, 0.15) is 17.7 Å². The minimum atomic E-state index is -0.746. The van der Waals surface area contributed by atoms with Gasteiger partial charge in [0.05, 0.1) is 12.1 Å². The van der Waals surface area contributed by atoms with E-state index in [1.54, 1.807) is 23.1 Å². The molecule has 0 bridgehead atoms. The van der Waals surface area contributed by atoms with E-state index >= 15 is 0 Å². The molecule has 2 heterocycles. The summed E-state index contributed by atoms with van der Waals surface area (Å²) in [6.45, 7) is 0. The third-order valence-corrected chi connectivity index (χ3v) is 7.27. The lowest BCUT2D eigenvalue weighted by Gasteiger charge is -2.31. The van der Waals surface area contributed by atoms with E-state index < -0.39 is 6.04 Å². The van der Waals surface area contributed by atoms with Crippen LogP contribution in [0, 0.1) is 5.82 Å². The van der Waals surface area contributed by atoms with E-state index in [4.69, 9.17) is 4.99 Å². The summed E-state index contributed by atoms with van der Waals surface area (Å²) in [5, 5.41) is 3.65. The van der Waals surface area contributed by atoms with Gasteiger partial charge in [0.15, 0.2) is 5.17 Å². The Balaban J connectivity index is 1.39. The van der Waals surface area contributed by atoms with Gasteiger partial charge in [-0.1, -0.05) is 61.4 Å². The van der Waals surface area contributed by atoms with Crippen molar-refractivity contribution in [3.8, 4) is 0 Å². The van der Waals surface area contributed by atoms with E-state index in [-0.39, 0.29) is 30.1 Å². The molecule has 2 amide bonds. The predicted molar refractivity (Wildman–Crippen MR) is 128 cm³/mol. The Morgan fingerprint density at radius 1 is 1.06 bits per heavy atom. The Morgan fingerprint density at radius 2 is 1.82 bits per heavy atom. The number of nitrogens with zero attached hydrogens (tertiary/aromatic N) is 3. The van der Waals surface area contributed by atoms with Gasteiger partial charge in [-0.25, -0.2) is 9.38 Å². The zero-order valence-electron chi connectivity index (χ0n) is 18.2. The van der Waals surface area contributed by atoms with Crippen LogP contribution in [0.25, 0.3) is 0 Å². The first kappa shape index (κ1) is 21.8. The maximum absolute atomic E-state index is 14.2. The van der Waals surface area contributed by atoms with Crippen LogP contribution in [-0.2, 0) is 15.3 Å². The summed E-state index contributed by atoms with van der Waals surface area (Å²) in [7, 11) is 0. The quantitative estimate of drug-likeness (QED) is 0.704. The molecule has 33 heavy (non-hydrogen) atoms. The van der Waals surface area contributed by atoms with Crippen LogP contribution in [0.5, 0.6) is 0 Å². The molecule has 2 aromatic carbocycles. The molecular weight excluding hydrogens is 439 g/mol. The van der Waals surface area contributed by atoms with Crippen molar-refractivity contribution in [2.24, 2.45) is 9.98 Å². The average molecular weight is 465 g/mol. The van der Waals surface area contributed by atoms with Gasteiger partial charge in [-0.3, -0.25) is 14.5 Å². The topological polar surface area (TPSA) is 74.1 Å². The molecular formula is C25H25FN4O2S. The van der Waals surface area contributed by atoms with Crippen molar-refractivity contribution >= 4 is 40.3 Å². The number of fused-ring (bicyclic) bond motifs is 3. The zero-order chi connectivity index (χ0) is 22.8. The van der Waals surface area contributed by atoms with Gasteiger partial charge in [-0.2, -0.15) is 4.99 Å². The van der Waals surface area contributed by atoms with Gasteiger partial charge < -0.3 is 5.32 Å². The minimum Gasteiger partial charge on any atom is -0.353 e. The smallest absolute Gasteiger partial charge is 0.271 e. The maximum Gasteiger partial charge on any atom is 0.271 e. The number of thioether (sulfide) groups is 1. The lowest BCUT2D eigenvalue weighted by Crippen LogP contribution is -2.47. The molecule has 8 heteroatoms. The third-order valence-electron chi connectivity index (χ3n) is 6.27. The van der Waals surface area contributed by atoms with Crippen molar-refractivity contribution in [2.45, 2.75) is 56.4 Å². The maximum atomic E-state index is 14.2. The number of benzene rings is 2. The highest BCUT2D eigenvalue weighted by atomic mass is 32.2. The lowest BCUT2D eigenvalue weighted by atomic mass is 9.95. The highest BCUT2D eigenvalue weighted by Gasteiger charge is 2.42. The number of hydrogen-bond donors (Lipinski definition) is 1. The molecule has 170 valence electrons.